The lowest BCUT2D eigenvalue weighted by Gasteiger charge is -2.15. The number of amides is 1. The van der Waals surface area contributed by atoms with Crippen LogP contribution in [-0.4, -0.2) is 22.6 Å². The summed E-state index contributed by atoms with van der Waals surface area (Å²) in [6, 6.07) is 20.9. The van der Waals surface area contributed by atoms with Crippen LogP contribution in [-0.2, 0) is 6.54 Å². The molecule has 1 N–H and O–H groups in total. The number of hydrogen-bond acceptors (Lipinski definition) is 3. The number of nitrogens with one attached hydrogen (secondary N) is 1. The van der Waals surface area contributed by atoms with Crippen molar-refractivity contribution in [3.05, 3.63) is 94.8 Å². The average Bonchev–Trinajstić information content (AvgIpc) is 3.17. The van der Waals surface area contributed by atoms with E-state index in [2.05, 4.69) is 14.9 Å². The quantitative estimate of drug-likeness (QED) is 0.465. The van der Waals surface area contributed by atoms with Gasteiger partial charge in [0.05, 0.1) is 30.5 Å². The van der Waals surface area contributed by atoms with Gasteiger partial charge in [0.2, 0.25) is 0 Å². The third-order valence-corrected chi connectivity index (χ3v) is 5.34. The van der Waals surface area contributed by atoms with Gasteiger partial charge < -0.3 is 14.6 Å². The van der Waals surface area contributed by atoms with Crippen molar-refractivity contribution in [2.75, 3.05) is 7.11 Å². The molecule has 0 saturated heterocycles. The second kappa shape index (κ2) is 8.59. The van der Waals surface area contributed by atoms with Crippen molar-refractivity contribution in [1.29, 1.82) is 0 Å². The number of hydrogen-bond donors (Lipinski definition) is 1. The van der Waals surface area contributed by atoms with Gasteiger partial charge in [-0.2, -0.15) is 0 Å². The summed E-state index contributed by atoms with van der Waals surface area (Å²) in [7, 11) is 1.63. The molecule has 0 radical (unpaired) electrons. The van der Waals surface area contributed by atoms with E-state index >= 15 is 0 Å². The summed E-state index contributed by atoms with van der Waals surface area (Å²) < 4.78 is 7.32. The van der Waals surface area contributed by atoms with Gasteiger partial charge in [-0.25, -0.2) is 4.98 Å². The van der Waals surface area contributed by atoms with Crippen molar-refractivity contribution >= 4 is 28.5 Å². The van der Waals surface area contributed by atoms with Crippen LogP contribution in [0.3, 0.4) is 0 Å². The molecule has 1 amide bonds. The van der Waals surface area contributed by atoms with Crippen LogP contribution in [0.5, 0.6) is 5.75 Å². The Bertz CT molecular complexity index is 1180. The monoisotopic (exact) mass is 419 g/mol. The highest BCUT2D eigenvalue weighted by Gasteiger charge is 2.14. The van der Waals surface area contributed by atoms with Crippen LogP contribution in [0.25, 0.3) is 11.0 Å². The van der Waals surface area contributed by atoms with E-state index in [0.29, 0.717) is 17.1 Å². The van der Waals surface area contributed by atoms with E-state index in [9.17, 15) is 4.79 Å². The Hall–Kier alpha value is -3.31. The van der Waals surface area contributed by atoms with Crippen LogP contribution in [0.1, 0.15) is 34.5 Å². The van der Waals surface area contributed by atoms with Gasteiger partial charge in [0, 0.05) is 17.1 Å². The molecule has 152 valence electrons. The van der Waals surface area contributed by atoms with Crippen LogP contribution in [0.4, 0.5) is 0 Å². The van der Waals surface area contributed by atoms with Crippen molar-refractivity contribution in [2.24, 2.45) is 0 Å². The van der Waals surface area contributed by atoms with Crippen LogP contribution >= 0.6 is 11.6 Å². The summed E-state index contributed by atoms with van der Waals surface area (Å²) >= 11 is 5.96. The Morgan fingerprint density at radius 3 is 2.70 bits per heavy atom. The van der Waals surface area contributed by atoms with E-state index in [1.54, 1.807) is 13.4 Å². The summed E-state index contributed by atoms with van der Waals surface area (Å²) in [5, 5.41) is 3.75. The number of benzene rings is 3. The fourth-order valence-electron chi connectivity index (χ4n) is 3.39. The lowest BCUT2D eigenvalue weighted by Crippen LogP contribution is -2.26. The van der Waals surface area contributed by atoms with Gasteiger partial charge in [0.15, 0.2) is 0 Å². The highest BCUT2D eigenvalue weighted by Crippen LogP contribution is 2.21. The number of methoxy groups -OCH3 is 1. The molecule has 0 aliphatic heterocycles. The molecule has 1 aromatic heterocycles. The van der Waals surface area contributed by atoms with Gasteiger partial charge in [0.25, 0.3) is 5.91 Å². The third-order valence-electron chi connectivity index (χ3n) is 5.09. The molecule has 0 fully saturated rings. The molecule has 0 spiro atoms. The van der Waals surface area contributed by atoms with Crippen LogP contribution < -0.4 is 10.1 Å². The van der Waals surface area contributed by atoms with Crippen molar-refractivity contribution in [3.8, 4) is 5.75 Å². The molecular formula is C24H22ClN3O2. The maximum atomic E-state index is 12.8. The van der Waals surface area contributed by atoms with Crippen molar-refractivity contribution in [2.45, 2.75) is 19.5 Å². The molecule has 1 atom stereocenters. The van der Waals surface area contributed by atoms with Gasteiger partial charge in [-0.3, -0.25) is 4.79 Å². The first kappa shape index (κ1) is 20.0. The Labute approximate surface area is 180 Å². The molecule has 4 rings (SSSR count). The Morgan fingerprint density at radius 2 is 1.93 bits per heavy atom. The maximum Gasteiger partial charge on any atom is 0.251 e. The largest absolute Gasteiger partial charge is 0.497 e. The lowest BCUT2D eigenvalue weighted by atomic mass is 10.1. The molecule has 30 heavy (non-hydrogen) atoms. The first-order chi connectivity index (χ1) is 14.5. The molecular weight excluding hydrogens is 398 g/mol. The van der Waals surface area contributed by atoms with Crippen molar-refractivity contribution < 1.29 is 9.53 Å². The van der Waals surface area contributed by atoms with E-state index in [1.807, 2.05) is 73.7 Å². The summed E-state index contributed by atoms with van der Waals surface area (Å²) in [5.74, 6) is 0.626. The molecule has 0 aliphatic carbocycles. The molecule has 0 bridgehead atoms. The number of fused-ring (bicyclic) bond motifs is 1. The second-order valence-corrected chi connectivity index (χ2v) is 7.61. The van der Waals surface area contributed by atoms with Crippen LogP contribution in [0.2, 0.25) is 5.02 Å². The van der Waals surface area contributed by atoms with E-state index in [-0.39, 0.29) is 11.9 Å². The fraction of sp³-hybridized carbons (Fsp3) is 0.167. The van der Waals surface area contributed by atoms with Gasteiger partial charge in [-0.15, -0.1) is 0 Å². The molecule has 0 saturated carbocycles. The Balaban J connectivity index is 1.50. The standard InChI is InChI=1S/C24H22ClN3O2/c1-16(18-4-3-5-21(12-18)30-2)27-24(29)19-8-11-23-22(13-19)26-15-28(23)14-17-6-9-20(25)10-7-17/h3-13,15-16H,14H2,1-2H3,(H,27,29)/t16-/m1/s1. The number of ether oxygens (including phenoxy) is 1. The van der Waals surface area contributed by atoms with Crippen LogP contribution in [0.15, 0.2) is 73.1 Å². The van der Waals surface area contributed by atoms with Gasteiger partial charge in [-0.05, 0) is 60.5 Å². The minimum atomic E-state index is -0.147. The SMILES string of the molecule is COc1cccc([C@@H](C)NC(=O)c2ccc3c(c2)ncn3Cc2ccc(Cl)cc2)c1. The number of aromatic nitrogens is 2. The van der Waals surface area contributed by atoms with Crippen molar-refractivity contribution in [1.82, 2.24) is 14.9 Å². The zero-order valence-corrected chi connectivity index (χ0v) is 17.6. The van der Waals surface area contributed by atoms with E-state index in [1.165, 1.54) is 0 Å². The average molecular weight is 420 g/mol. The summed E-state index contributed by atoms with van der Waals surface area (Å²) in [6.45, 7) is 2.64. The highest BCUT2D eigenvalue weighted by atomic mass is 35.5. The Morgan fingerprint density at radius 1 is 1.13 bits per heavy atom. The minimum absolute atomic E-state index is 0.139. The second-order valence-electron chi connectivity index (χ2n) is 7.17. The predicted molar refractivity (Wildman–Crippen MR) is 119 cm³/mol. The number of carbonyl (C=O) groups excluding carboxylic acids is 1. The Kier molecular flexibility index (Phi) is 5.72. The normalized spacial score (nSPS) is 12.0. The number of carbonyl (C=O) groups is 1. The lowest BCUT2D eigenvalue weighted by molar-refractivity contribution is 0.0940. The molecule has 5 nitrogen and oxygen atoms in total. The van der Waals surface area contributed by atoms with Gasteiger partial charge in [0.1, 0.15) is 5.75 Å². The van der Waals surface area contributed by atoms with E-state index < -0.39 is 0 Å². The number of rotatable bonds is 6. The molecule has 0 aliphatic rings. The smallest absolute Gasteiger partial charge is 0.251 e. The number of imidazole rings is 1. The molecule has 1 heterocycles. The first-order valence-corrected chi connectivity index (χ1v) is 10.1. The topological polar surface area (TPSA) is 56.1 Å². The molecule has 3 aromatic carbocycles. The number of halogens is 1. The summed E-state index contributed by atoms with van der Waals surface area (Å²) in [5.41, 5.74) is 4.45. The predicted octanol–water partition coefficient (Wildman–Crippen LogP) is 5.24. The molecule has 0 unspecified atom stereocenters. The van der Waals surface area contributed by atoms with Crippen molar-refractivity contribution in [3.63, 3.8) is 0 Å². The highest BCUT2D eigenvalue weighted by molar-refractivity contribution is 6.30. The third kappa shape index (κ3) is 4.31. The zero-order valence-electron chi connectivity index (χ0n) is 16.8. The van der Waals surface area contributed by atoms with Gasteiger partial charge >= 0.3 is 0 Å². The zero-order chi connectivity index (χ0) is 21.1. The first-order valence-electron chi connectivity index (χ1n) is 9.67. The summed E-state index contributed by atoms with van der Waals surface area (Å²) in [4.78, 5) is 17.2. The fourth-order valence-corrected chi connectivity index (χ4v) is 3.52. The van der Waals surface area contributed by atoms with Crippen LogP contribution in [0, 0.1) is 0 Å². The number of nitrogens with zero attached hydrogens (tertiary/aromatic N) is 2. The van der Waals surface area contributed by atoms with E-state index in [4.69, 9.17) is 16.3 Å². The van der Waals surface area contributed by atoms with E-state index in [0.717, 1.165) is 27.9 Å². The molecule has 4 aromatic rings. The molecule has 6 heteroatoms. The summed E-state index contributed by atoms with van der Waals surface area (Å²) in [6.07, 6.45) is 1.79. The minimum Gasteiger partial charge on any atom is -0.497 e. The van der Waals surface area contributed by atoms with Gasteiger partial charge in [-0.1, -0.05) is 35.9 Å². The maximum absolute atomic E-state index is 12.8.